The van der Waals surface area contributed by atoms with Crippen LogP contribution < -0.4 is 11.1 Å². The van der Waals surface area contributed by atoms with E-state index in [1.807, 2.05) is 6.92 Å². The van der Waals surface area contributed by atoms with E-state index in [1.54, 1.807) is 0 Å². The van der Waals surface area contributed by atoms with Crippen LogP contribution in [0.5, 0.6) is 0 Å². The molecule has 4 N–H and O–H groups in total. The Morgan fingerprint density at radius 2 is 1.95 bits per heavy atom. The van der Waals surface area contributed by atoms with Gasteiger partial charge in [-0.05, 0) is 50.5 Å². The van der Waals surface area contributed by atoms with Crippen LogP contribution in [0.1, 0.15) is 45.4 Å². The van der Waals surface area contributed by atoms with E-state index in [0.29, 0.717) is 31.3 Å². The first-order chi connectivity index (χ1) is 9.02. The molecule has 1 unspecified atom stereocenters. The van der Waals surface area contributed by atoms with Gasteiger partial charge in [-0.2, -0.15) is 0 Å². The maximum atomic E-state index is 11.6. The fraction of sp³-hybridized carbons (Fsp3) is 0.857. The van der Waals surface area contributed by atoms with Crippen LogP contribution in [-0.2, 0) is 9.59 Å². The van der Waals surface area contributed by atoms with Gasteiger partial charge in [0.1, 0.15) is 0 Å². The quantitative estimate of drug-likeness (QED) is 0.651. The van der Waals surface area contributed by atoms with Crippen LogP contribution in [0, 0.1) is 17.8 Å². The topological polar surface area (TPSA) is 92.4 Å². The number of carboxylic acids is 1. The van der Waals surface area contributed by atoms with E-state index in [1.165, 1.54) is 0 Å². The van der Waals surface area contributed by atoms with Crippen LogP contribution in [0.4, 0.5) is 0 Å². The predicted octanol–water partition coefficient (Wildman–Crippen LogP) is 1.37. The van der Waals surface area contributed by atoms with E-state index >= 15 is 0 Å². The zero-order valence-corrected chi connectivity index (χ0v) is 11.7. The van der Waals surface area contributed by atoms with Gasteiger partial charge in [-0.25, -0.2) is 0 Å². The van der Waals surface area contributed by atoms with Gasteiger partial charge < -0.3 is 16.2 Å². The number of rotatable bonds is 7. The molecule has 0 aromatic carbocycles. The lowest BCUT2D eigenvalue weighted by Crippen LogP contribution is -2.32. The number of hydrogen-bond acceptors (Lipinski definition) is 3. The summed E-state index contributed by atoms with van der Waals surface area (Å²) in [5.41, 5.74) is 5.51. The number of aliphatic carboxylic acids is 1. The molecule has 1 saturated carbocycles. The molecule has 110 valence electrons. The SMILES string of the molecule is CC(CN)CCC(=O)NCC1CCC(C(=O)O)CC1. The molecule has 1 rings (SSSR count). The average Bonchev–Trinajstić information content (AvgIpc) is 2.42. The first kappa shape index (κ1) is 16.0. The molecule has 5 nitrogen and oxygen atoms in total. The van der Waals surface area contributed by atoms with Crippen LogP contribution in [0.2, 0.25) is 0 Å². The number of hydrogen-bond donors (Lipinski definition) is 3. The number of nitrogens with two attached hydrogens (primary N) is 1. The molecule has 0 radical (unpaired) electrons. The summed E-state index contributed by atoms with van der Waals surface area (Å²) in [6.07, 6.45) is 4.63. The second-order valence-electron chi connectivity index (χ2n) is 5.74. The molecular formula is C14H26N2O3. The van der Waals surface area contributed by atoms with Crippen LogP contribution in [0.15, 0.2) is 0 Å². The van der Waals surface area contributed by atoms with Gasteiger partial charge in [0.2, 0.25) is 5.91 Å². The van der Waals surface area contributed by atoms with Crippen molar-refractivity contribution >= 4 is 11.9 Å². The summed E-state index contributed by atoms with van der Waals surface area (Å²) in [6.45, 7) is 3.34. The lowest BCUT2D eigenvalue weighted by Gasteiger charge is -2.26. The molecule has 19 heavy (non-hydrogen) atoms. The highest BCUT2D eigenvalue weighted by Gasteiger charge is 2.25. The van der Waals surface area contributed by atoms with Gasteiger partial charge in [0.15, 0.2) is 0 Å². The number of carboxylic acid groups (broad SMARTS) is 1. The molecule has 0 bridgehead atoms. The van der Waals surface area contributed by atoms with Gasteiger partial charge in [-0.3, -0.25) is 9.59 Å². The summed E-state index contributed by atoms with van der Waals surface area (Å²) in [4.78, 5) is 22.5. The Hall–Kier alpha value is -1.10. The summed E-state index contributed by atoms with van der Waals surface area (Å²) < 4.78 is 0. The van der Waals surface area contributed by atoms with Gasteiger partial charge >= 0.3 is 5.97 Å². The number of amides is 1. The van der Waals surface area contributed by atoms with Crippen molar-refractivity contribution in [2.75, 3.05) is 13.1 Å². The van der Waals surface area contributed by atoms with Crippen molar-refractivity contribution in [3.05, 3.63) is 0 Å². The molecule has 1 fully saturated rings. The van der Waals surface area contributed by atoms with E-state index in [0.717, 1.165) is 32.1 Å². The third-order valence-corrected chi connectivity index (χ3v) is 4.05. The van der Waals surface area contributed by atoms with Crippen molar-refractivity contribution in [2.24, 2.45) is 23.5 Å². The minimum atomic E-state index is -0.682. The van der Waals surface area contributed by atoms with Crippen LogP contribution in [-0.4, -0.2) is 30.1 Å². The molecule has 1 atom stereocenters. The molecule has 0 aromatic rings. The van der Waals surface area contributed by atoms with Crippen molar-refractivity contribution < 1.29 is 14.7 Å². The zero-order chi connectivity index (χ0) is 14.3. The van der Waals surface area contributed by atoms with E-state index in [-0.39, 0.29) is 11.8 Å². The lowest BCUT2D eigenvalue weighted by atomic mass is 9.82. The Morgan fingerprint density at radius 3 is 2.47 bits per heavy atom. The van der Waals surface area contributed by atoms with Crippen molar-refractivity contribution in [3.8, 4) is 0 Å². The number of nitrogens with one attached hydrogen (secondary N) is 1. The Bertz CT molecular complexity index is 299. The zero-order valence-electron chi connectivity index (χ0n) is 11.7. The van der Waals surface area contributed by atoms with Crippen molar-refractivity contribution in [1.82, 2.24) is 5.32 Å². The fourth-order valence-corrected chi connectivity index (χ4v) is 2.46. The van der Waals surface area contributed by atoms with Crippen molar-refractivity contribution in [1.29, 1.82) is 0 Å². The standard InChI is InChI=1S/C14H26N2O3/c1-10(8-15)2-7-13(17)16-9-11-3-5-12(6-4-11)14(18)19/h10-12H,2-9,15H2,1H3,(H,16,17)(H,18,19). The first-order valence-electron chi connectivity index (χ1n) is 7.22. The third kappa shape index (κ3) is 6.05. The minimum Gasteiger partial charge on any atom is -0.481 e. The minimum absolute atomic E-state index is 0.0839. The van der Waals surface area contributed by atoms with Crippen molar-refractivity contribution in [2.45, 2.75) is 45.4 Å². The highest BCUT2D eigenvalue weighted by Crippen LogP contribution is 2.28. The predicted molar refractivity (Wildman–Crippen MR) is 73.5 cm³/mol. The summed E-state index contributed by atoms with van der Waals surface area (Å²) in [7, 11) is 0. The third-order valence-electron chi connectivity index (χ3n) is 4.05. The van der Waals surface area contributed by atoms with Crippen molar-refractivity contribution in [3.63, 3.8) is 0 Å². The van der Waals surface area contributed by atoms with E-state index in [4.69, 9.17) is 10.8 Å². The van der Waals surface area contributed by atoms with Gasteiger partial charge in [0.05, 0.1) is 5.92 Å². The maximum Gasteiger partial charge on any atom is 0.306 e. The van der Waals surface area contributed by atoms with Crippen LogP contribution >= 0.6 is 0 Å². The molecule has 1 aliphatic rings. The molecule has 0 saturated heterocycles. The Morgan fingerprint density at radius 1 is 1.32 bits per heavy atom. The second-order valence-corrected chi connectivity index (χ2v) is 5.74. The monoisotopic (exact) mass is 270 g/mol. The van der Waals surface area contributed by atoms with Gasteiger partial charge in [0.25, 0.3) is 0 Å². The normalized spacial score (nSPS) is 24.7. The van der Waals surface area contributed by atoms with E-state index in [9.17, 15) is 9.59 Å². The summed E-state index contributed by atoms with van der Waals surface area (Å²) in [5, 5.41) is 11.9. The molecule has 1 aliphatic carbocycles. The van der Waals surface area contributed by atoms with E-state index in [2.05, 4.69) is 5.32 Å². The average molecular weight is 270 g/mol. The molecule has 1 amide bonds. The summed E-state index contributed by atoms with van der Waals surface area (Å²) in [6, 6.07) is 0. The molecule has 0 aromatic heterocycles. The Labute approximate surface area is 114 Å². The number of carbonyl (C=O) groups is 2. The van der Waals surface area contributed by atoms with Gasteiger partial charge in [-0.1, -0.05) is 6.92 Å². The number of carbonyl (C=O) groups excluding carboxylic acids is 1. The molecule has 5 heteroatoms. The molecule has 0 heterocycles. The fourth-order valence-electron chi connectivity index (χ4n) is 2.46. The summed E-state index contributed by atoms with van der Waals surface area (Å²) in [5.74, 6) is 0.0412. The molecular weight excluding hydrogens is 244 g/mol. The van der Waals surface area contributed by atoms with Crippen LogP contribution in [0.25, 0.3) is 0 Å². The van der Waals surface area contributed by atoms with Gasteiger partial charge in [0, 0.05) is 13.0 Å². The summed E-state index contributed by atoms with van der Waals surface area (Å²) >= 11 is 0. The van der Waals surface area contributed by atoms with Crippen LogP contribution in [0.3, 0.4) is 0 Å². The first-order valence-corrected chi connectivity index (χ1v) is 7.22. The Kier molecular flexibility index (Phi) is 6.84. The second kappa shape index (κ2) is 8.15. The molecule has 0 aliphatic heterocycles. The Balaban J connectivity index is 2.13. The largest absolute Gasteiger partial charge is 0.481 e. The molecule has 0 spiro atoms. The lowest BCUT2D eigenvalue weighted by molar-refractivity contribution is -0.143. The van der Waals surface area contributed by atoms with Gasteiger partial charge in [-0.15, -0.1) is 0 Å². The van der Waals surface area contributed by atoms with E-state index < -0.39 is 5.97 Å². The highest BCUT2D eigenvalue weighted by molar-refractivity contribution is 5.75. The smallest absolute Gasteiger partial charge is 0.306 e. The maximum absolute atomic E-state index is 11.6. The highest BCUT2D eigenvalue weighted by atomic mass is 16.4.